The lowest BCUT2D eigenvalue weighted by Crippen LogP contribution is -2.22. The fourth-order valence-corrected chi connectivity index (χ4v) is 1.61. The maximum atomic E-state index is 11.8. The summed E-state index contributed by atoms with van der Waals surface area (Å²) in [7, 11) is 0. The second-order valence-corrected chi connectivity index (χ2v) is 4.11. The number of halogens is 1. The number of rotatable bonds is 3. The summed E-state index contributed by atoms with van der Waals surface area (Å²) in [6, 6.07) is 16.6. The minimum atomic E-state index is -0.0921. The van der Waals surface area contributed by atoms with E-state index >= 15 is 0 Å². The first kappa shape index (κ1) is 11.7. The lowest BCUT2D eigenvalue weighted by Gasteiger charge is -2.05. The number of hydrogen-bond acceptors (Lipinski definition) is 1. The first-order valence-electron chi connectivity index (χ1n) is 5.33. The van der Waals surface area contributed by atoms with E-state index in [0.29, 0.717) is 17.1 Å². The van der Waals surface area contributed by atoms with Crippen LogP contribution in [0.2, 0.25) is 5.02 Å². The fourth-order valence-electron chi connectivity index (χ4n) is 1.48. The number of hydrogen-bond donors (Lipinski definition) is 1. The molecule has 0 unspecified atom stereocenters. The Balaban J connectivity index is 1.96. The Hall–Kier alpha value is -1.80. The van der Waals surface area contributed by atoms with Gasteiger partial charge < -0.3 is 5.32 Å². The summed E-state index contributed by atoms with van der Waals surface area (Å²) in [6.45, 7) is 0.530. The molecule has 0 aliphatic heterocycles. The van der Waals surface area contributed by atoms with Gasteiger partial charge in [-0.3, -0.25) is 4.79 Å². The van der Waals surface area contributed by atoms with Crippen molar-refractivity contribution >= 4 is 17.5 Å². The van der Waals surface area contributed by atoms with E-state index in [9.17, 15) is 4.79 Å². The number of amides is 1. The Kier molecular flexibility index (Phi) is 3.78. The molecule has 0 aliphatic rings. The highest BCUT2D eigenvalue weighted by Crippen LogP contribution is 2.09. The van der Waals surface area contributed by atoms with Gasteiger partial charge in [0.25, 0.3) is 5.91 Å². The van der Waals surface area contributed by atoms with Crippen molar-refractivity contribution in [2.24, 2.45) is 0 Å². The third kappa shape index (κ3) is 3.33. The van der Waals surface area contributed by atoms with Gasteiger partial charge in [0.1, 0.15) is 0 Å². The van der Waals surface area contributed by atoms with Gasteiger partial charge in [0.05, 0.1) is 0 Å². The average molecular weight is 245 g/mol. The van der Waals surface area contributed by atoms with Gasteiger partial charge in [-0.25, -0.2) is 0 Å². The lowest BCUT2D eigenvalue weighted by molar-refractivity contribution is 0.0951. The van der Waals surface area contributed by atoms with Gasteiger partial charge in [0, 0.05) is 17.1 Å². The van der Waals surface area contributed by atoms with Crippen LogP contribution in [0.4, 0.5) is 0 Å². The number of carbonyl (C=O) groups excluding carboxylic acids is 1. The molecule has 1 N–H and O–H groups in total. The predicted octanol–water partition coefficient (Wildman–Crippen LogP) is 3.27. The molecule has 2 aromatic rings. The minimum Gasteiger partial charge on any atom is -0.348 e. The lowest BCUT2D eigenvalue weighted by atomic mass is 9.89. The molecular formula is C14H12ClNO. The molecule has 0 heterocycles. The van der Waals surface area contributed by atoms with E-state index < -0.39 is 0 Å². The normalized spacial score (nSPS) is 9.94. The van der Waals surface area contributed by atoms with Gasteiger partial charge in [-0.2, -0.15) is 0 Å². The zero-order chi connectivity index (χ0) is 12.1. The maximum absolute atomic E-state index is 11.8. The summed E-state index contributed by atoms with van der Waals surface area (Å²) in [5, 5.41) is 3.48. The maximum Gasteiger partial charge on any atom is 0.251 e. The summed E-state index contributed by atoms with van der Waals surface area (Å²) in [4.78, 5) is 11.8. The van der Waals surface area contributed by atoms with E-state index in [1.807, 2.05) is 30.3 Å². The van der Waals surface area contributed by atoms with E-state index in [1.165, 1.54) is 0 Å². The Morgan fingerprint density at radius 1 is 1.00 bits per heavy atom. The Morgan fingerprint density at radius 3 is 2.29 bits per heavy atom. The fraction of sp³-hybridized carbons (Fsp3) is 0.0714. The van der Waals surface area contributed by atoms with Crippen molar-refractivity contribution in [1.29, 1.82) is 0 Å². The molecule has 1 amide bonds. The minimum absolute atomic E-state index is 0.0921. The van der Waals surface area contributed by atoms with E-state index in [-0.39, 0.29) is 5.91 Å². The van der Waals surface area contributed by atoms with Crippen molar-refractivity contribution in [3.8, 4) is 0 Å². The molecule has 2 nitrogen and oxygen atoms in total. The molecule has 0 saturated heterocycles. The highest BCUT2D eigenvalue weighted by Gasteiger charge is 2.04. The zero-order valence-electron chi connectivity index (χ0n) is 9.19. The molecule has 0 fully saturated rings. The smallest absolute Gasteiger partial charge is 0.251 e. The van der Waals surface area contributed by atoms with E-state index in [2.05, 4.69) is 5.32 Å². The second-order valence-electron chi connectivity index (χ2n) is 3.68. The van der Waals surface area contributed by atoms with Crippen LogP contribution < -0.4 is 5.32 Å². The van der Waals surface area contributed by atoms with Crippen molar-refractivity contribution in [3.05, 3.63) is 70.7 Å². The topological polar surface area (TPSA) is 29.1 Å². The Morgan fingerprint density at radius 2 is 1.65 bits per heavy atom. The molecule has 2 aromatic carbocycles. The first-order valence-corrected chi connectivity index (χ1v) is 5.71. The predicted molar refractivity (Wildman–Crippen MR) is 69.1 cm³/mol. The van der Waals surface area contributed by atoms with Crippen LogP contribution in [0, 0.1) is 0 Å². The SMILES string of the molecule is O=[11C](NCc1ccccc1)c1ccc(Cl)cc1. The van der Waals surface area contributed by atoms with Crippen LogP contribution >= 0.6 is 11.6 Å². The van der Waals surface area contributed by atoms with Crippen molar-refractivity contribution in [1.82, 2.24) is 5.32 Å². The first-order chi connectivity index (χ1) is 8.25. The monoisotopic (exact) mass is 244 g/mol. The highest BCUT2D eigenvalue weighted by atomic mass is 35.5. The largest absolute Gasteiger partial charge is 0.348 e. The molecule has 0 bridgehead atoms. The summed E-state index contributed by atoms with van der Waals surface area (Å²) >= 11 is 5.76. The molecule has 3 heteroatoms. The molecular weight excluding hydrogens is 233 g/mol. The molecule has 86 valence electrons. The highest BCUT2D eigenvalue weighted by molar-refractivity contribution is 6.30. The van der Waals surface area contributed by atoms with Crippen LogP contribution in [0.15, 0.2) is 54.6 Å². The number of nitrogens with one attached hydrogen (secondary N) is 1. The molecule has 0 atom stereocenters. The van der Waals surface area contributed by atoms with Gasteiger partial charge in [-0.05, 0) is 29.8 Å². The van der Waals surface area contributed by atoms with Crippen molar-refractivity contribution < 1.29 is 4.79 Å². The quantitative estimate of drug-likeness (QED) is 0.882. The summed E-state index contributed by atoms with van der Waals surface area (Å²) in [5.41, 5.74) is 1.69. The molecule has 2 rings (SSSR count). The van der Waals surface area contributed by atoms with Crippen molar-refractivity contribution in [3.63, 3.8) is 0 Å². The van der Waals surface area contributed by atoms with Gasteiger partial charge in [0.15, 0.2) is 0 Å². The standard InChI is InChI=1S/C14H12ClNO/c15-13-8-6-12(7-9-13)14(17)16-10-11-4-2-1-3-5-11/h1-9H,10H2,(H,16,17)/i14-1. The van der Waals surface area contributed by atoms with Gasteiger partial charge >= 0.3 is 0 Å². The van der Waals surface area contributed by atoms with Crippen LogP contribution in [-0.4, -0.2) is 5.91 Å². The third-order valence-electron chi connectivity index (χ3n) is 2.40. The number of carbonyl (C=O) groups is 1. The van der Waals surface area contributed by atoms with E-state index in [0.717, 1.165) is 5.56 Å². The zero-order valence-corrected chi connectivity index (χ0v) is 9.95. The molecule has 0 saturated carbocycles. The van der Waals surface area contributed by atoms with Gasteiger partial charge in [0.2, 0.25) is 0 Å². The van der Waals surface area contributed by atoms with Crippen LogP contribution in [0.3, 0.4) is 0 Å². The molecule has 0 aromatic heterocycles. The molecule has 0 spiro atoms. The summed E-state index contributed by atoms with van der Waals surface area (Å²) in [5.74, 6) is -0.0921. The van der Waals surface area contributed by atoms with Crippen molar-refractivity contribution in [2.45, 2.75) is 6.54 Å². The molecule has 0 radical (unpaired) electrons. The second kappa shape index (κ2) is 5.51. The van der Waals surface area contributed by atoms with Crippen LogP contribution in [0.25, 0.3) is 0 Å². The van der Waals surface area contributed by atoms with Gasteiger partial charge in [-0.15, -0.1) is 0 Å². The molecule has 0 aliphatic carbocycles. The van der Waals surface area contributed by atoms with Crippen LogP contribution in [-0.2, 0) is 6.54 Å². The van der Waals surface area contributed by atoms with Crippen molar-refractivity contribution in [2.75, 3.05) is 0 Å². The van der Waals surface area contributed by atoms with E-state index in [4.69, 9.17) is 11.6 Å². The van der Waals surface area contributed by atoms with Crippen LogP contribution in [0.5, 0.6) is 0 Å². The summed E-state index contributed by atoms with van der Waals surface area (Å²) in [6.07, 6.45) is 0. The number of benzene rings is 2. The average Bonchev–Trinajstić information content (AvgIpc) is 2.38. The van der Waals surface area contributed by atoms with E-state index in [1.54, 1.807) is 24.3 Å². The Labute approximate surface area is 105 Å². The van der Waals surface area contributed by atoms with Crippen LogP contribution in [0.1, 0.15) is 15.9 Å². The molecule has 17 heavy (non-hydrogen) atoms. The summed E-state index contributed by atoms with van der Waals surface area (Å²) < 4.78 is 0. The Bertz CT molecular complexity index is 493. The third-order valence-corrected chi connectivity index (χ3v) is 2.65. The van der Waals surface area contributed by atoms with Gasteiger partial charge in [-0.1, -0.05) is 41.9 Å².